The van der Waals surface area contributed by atoms with E-state index in [2.05, 4.69) is 4.98 Å². The van der Waals surface area contributed by atoms with E-state index in [4.69, 9.17) is 14.2 Å². The van der Waals surface area contributed by atoms with E-state index in [1.54, 1.807) is 0 Å². The van der Waals surface area contributed by atoms with Crippen molar-refractivity contribution < 1.29 is 19.0 Å². The van der Waals surface area contributed by atoms with Crippen molar-refractivity contribution >= 4 is 17.4 Å². The number of carbonyl (C=O) groups is 1. The average Bonchev–Trinajstić information content (AvgIpc) is 2.84. The van der Waals surface area contributed by atoms with E-state index >= 15 is 0 Å². The first-order chi connectivity index (χ1) is 9.71. The molecule has 2 aromatic rings. The maximum absolute atomic E-state index is 10.5. The molecule has 1 aromatic heterocycles. The molecule has 0 aliphatic heterocycles. The number of hydrogen-bond acceptors (Lipinski definition) is 4. The maximum atomic E-state index is 10.5. The van der Waals surface area contributed by atoms with Crippen LogP contribution in [0.5, 0.6) is 11.5 Å². The topological polar surface area (TPSA) is 60.6 Å². The zero-order valence-electron chi connectivity index (χ0n) is 11.9. The number of carbonyl (C=O) groups excluding carboxylic acids is 1. The van der Waals surface area contributed by atoms with E-state index in [1.165, 1.54) is 0 Å². The Labute approximate surface area is 117 Å². The monoisotopic (exact) mass is 277 g/mol. The molecule has 20 heavy (non-hydrogen) atoms. The molecule has 0 saturated carbocycles. The molecule has 1 heterocycles. The largest absolute Gasteiger partial charge is 0.494 e. The lowest BCUT2D eigenvalue weighted by Gasteiger charge is -2.13. The van der Waals surface area contributed by atoms with Crippen molar-refractivity contribution in [2.75, 3.05) is 13.2 Å². The van der Waals surface area contributed by atoms with Gasteiger partial charge in [-0.1, -0.05) is 0 Å². The van der Waals surface area contributed by atoms with Gasteiger partial charge in [0.1, 0.15) is 17.6 Å². The molecule has 0 bridgehead atoms. The van der Waals surface area contributed by atoms with Gasteiger partial charge in [-0.3, -0.25) is 4.79 Å². The van der Waals surface area contributed by atoms with Gasteiger partial charge in [0.05, 0.1) is 18.7 Å². The Morgan fingerprint density at radius 2 is 2.00 bits per heavy atom. The fourth-order valence-electron chi connectivity index (χ4n) is 2.23. The predicted octanol–water partition coefficient (Wildman–Crippen LogP) is 3.20. The van der Waals surface area contributed by atoms with E-state index in [0.29, 0.717) is 19.7 Å². The summed E-state index contributed by atoms with van der Waals surface area (Å²) in [4.78, 5) is 13.7. The number of nitrogens with one attached hydrogen (secondary N) is 1. The molecule has 1 aromatic carbocycles. The Bertz CT molecular complexity index is 591. The number of benzene rings is 1. The second kappa shape index (κ2) is 6.32. The molecular weight excluding hydrogens is 258 g/mol. The number of aromatic amines is 1. The number of ether oxygens (including phenoxy) is 3. The molecule has 0 aliphatic rings. The lowest BCUT2D eigenvalue weighted by molar-refractivity contribution is -0.133. The standard InChI is InChI=1S/C15H19NO4/c1-4-18-11-6-13-15(14(7-11)19-5-2)12(8-16-13)10(3)20-9-17/h6-10,16H,4-5H2,1-3H3. The maximum Gasteiger partial charge on any atom is 0.293 e. The Hall–Kier alpha value is -2.17. The van der Waals surface area contributed by atoms with Crippen molar-refractivity contribution in [1.82, 2.24) is 4.98 Å². The van der Waals surface area contributed by atoms with Crippen LogP contribution in [0.3, 0.4) is 0 Å². The highest BCUT2D eigenvalue weighted by atomic mass is 16.5. The van der Waals surface area contributed by atoms with Crippen molar-refractivity contribution in [2.24, 2.45) is 0 Å². The summed E-state index contributed by atoms with van der Waals surface area (Å²) in [7, 11) is 0. The molecule has 0 radical (unpaired) electrons. The lowest BCUT2D eigenvalue weighted by atomic mass is 10.1. The molecule has 0 amide bonds. The fraction of sp³-hybridized carbons (Fsp3) is 0.400. The third-order valence-corrected chi connectivity index (χ3v) is 3.06. The Balaban J connectivity index is 2.54. The van der Waals surface area contributed by atoms with Crippen LogP contribution in [0.2, 0.25) is 0 Å². The van der Waals surface area contributed by atoms with Gasteiger partial charge in [-0.05, 0) is 20.8 Å². The van der Waals surface area contributed by atoms with Gasteiger partial charge >= 0.3 is 0 Å². The Morgan fingerprint density at radius 1 is 1.25 bits per heavy atom. The predicted molar refractivity (Wildman–Crippen MR) is 76.2 cm³/mol. The van der Waals surface area contributed by atoms with Crippen LogP contribution in [0.15, 0.2) is 18.3 Å². The SMILES string of the molecule is CCOc1cc(OCC)c2c(C(C)OC=O)c[nH]c2c1. The zero-order chi connectivity index (χ0) is 14.5. The highest BCUT2D eigenvalue weighted by Gasteiger charge is 2.17. The summed E-state index contributed by atoms with van der Waals surface area (Å²) < 4.78 is 16.2. The first kappa shape index (κ1) is 14.2. The van der Waals surface area contributed by atoms with Crippen LogP contribution in [0.1, 0.15) is 32.4 Å². The van der Waals surface area contributed by atoms with Crippen LogP contribution in [-0.4, -0.2) is 24.7 Å². The first-order valence-corrected chi connectivity index (χ1v) is 6.70. The van der Waals surface area contributed by atoms with Crippen molar-refractivity contribution in [2.45, 2.75) is 26.9 Å². The lowest BCUT2D eigenvalue weighted by Crippen LogP contribution is -2.00. The summed E-state index contributed by atoms with van der Waals surface area (Å²) in [6, 6.07) is 3.78. The van der Waals surface area contributed by atoms with Crippen LogP contribution in [0.25, 0.3) is 10.9 Å². The smallest absolute Gasteiger partial charge is 0.293 e. The van der Waals surface area contributed by atoms with Crippen LogP contribution in [0.4, 0.5) is 0 Å². The van der Waals surface area contributed by atoms with Gasteiger partial charge in [0.25, 0.3) is 6.47 Å². The summed E-state index contributed by atoms with van der Waals surface area (Å²) in [5.41, 5.74) is 1.79. The van der Waals surface area contributed by atoms with Gasteiger partial charge in [-0.15, -0.1) is 0 Å². The van der Waals surface area contributed by atoms with Crippen LogP contribution < -0.4 is 9.47 Å². The number of fused-ring (bicyclic) bond motifs is 1. The van der Waals surface area contributed by atoms with E-state index < -0.39 is 0 Å². The molecule has 5 nitrogen and oxygen atoms in total. The Kier molecular flexibility index (Phi) is 4.50. The number of H-pyrrole nitrogens is 1. The minimum atomic E-state index is -0.335. The second-order valence-corrected chi connectivity index (χ2v) is 4.33. The molecule has 108 valence electrons. The van der Waals surface area contributed by atoms with E-state index in [9.17, 15) is 4.79 Å². The van der Waals surface area contributed by atoms with Crippen LogP contribution >= 0.6 is 0 Å². The summed E-state index contributed by atoms with van der Waals surface area (Å²) in [6.07, 6.45) is 1.50. The second-order valence-electron chi connectivity index (χ2n) is 4.33. The molecule has 0 spiro atoms. The summed E-state index contributed by atoms with van der Waals surface area (Å²) in [5.74, 6) is 1.48. The van der Waals surface area contributed by atoms with Crippen LogP contribution in [0, 0.1) is 0 Å². The normalized spacial score (nSPS) is 12.2. The van der Waals surface area contributed by atoms with E-state index in [-0.39, 0.29) is 6.10 Å². The van der Waals surface area contributed by atoms with Crippen molar-refractivity contribution in [3.63, 3.8) is 0 Å². The molecule has 1 unspecified atom stereocenters. The third kappa shape index (κ3) is 2.71. The van der Waals surface area contributed by atoms with Gasteiger partial charge < -0.3 is 19.2 Å². The first-order valence-electron chi connectivity index (χ1n) is 6.70. The zero-order valence-corrected chi connectivity index (χ0v) is 11.9. The molecule has 5 heteroatoms. The van der Waals surface area contributed by atoms with Gasteiger partial charge in [0.15, 0.2) is 0 Å². The number of aromatic nitrogens is 1. The van der Waals surface area contributed by atoms with Crippen LogP contribution in [-0.2, 0) is 9.53 Å². The van der Waals surface area contributed by atoms with Gasteiger partial charge in [-0.25, -0.2) is 0 Å². The quantitative estimate of drug-likeness (QED) is 0.789. The average molecular weight is 277 g/mol. The molecular formula is C15H19NO4. The minimum absolute atomic E-state index is 0.335. The van der Waals surface area contributed by atoms with Crippen molar-refractivity contribution in [1.29, 1.82) is 0 Å². The molecule has 2 rings (SSSR count). The van der Waals surface area contributed by atoms with Gasteiger partial charge in [0, 0.05) is 29.3 Å². The molecule has 0 fully saturated rings. The molecule has 0 saturated heterocycles. The fourth-order valence-corrected chi connectivity index (χ4v) is 2.23. The van der Waals surface area contributed by atoms with Gasteiger partial charge in [0.2, 0.25) is 0 Å². The minimum Gasteiger partial charge on any atom is -0.494 e. The van der Waals surface area contributed by atoms with E-state index in [0.717, 1.165) is 28.0 Å². The highest BCUT2D eigenvalue weighted by molar-refractivity contribution is 5.91. The molecule has 1 N–H and O–H groups in total. The third-order valence-electron chi connectivity index (χ3n) is 3.06. The summed E-state index contributed by atoms with van der Waals surface area (Å²) in [5, 5.41) is 0.921. The molecule has 1 atom stereocenters. The van der Waals surface area contributed by atoms with E-state index in [1.807, 2.05) is 39.1 Å². The van der Waals surface area contributed by atoms with Crippen molar-refractivity contribution in [3.05, 3.63) is 23.9 Å². The Morgan fingerprint density at radius 3 is 2.65 bits per heavy atom. The summed E-state index contributed by atoms with van der Waals surface area (Å²) in [6.45, 7) is 7.29. The number of hydrogen-bond donors (Lipinski definition) is 1. The van der Waals surface area contributed by atoms with Gasteiger partial charge in [-0.2, -0.15) is 0 Å². The van der Waals surface area contributed by atoms with Crippen molar-refractivity contribution in [3.8, 4) is 11.5 Å². The highest BCUT2D eigenvalue weighted by Crippen LogP contribution is 2.36. The summed E-state index contributed by atoms with van der Waals surface area (Å²) >= 11 is 0. The molecule has 0 aliphatic carbocycles. The number of rotatable bonds is 7.